The van der Waals surface area contributed by atoms with E-state index in [9.17, 15) is 5.11 Å². The molecule has 2 atom stereocenters. The largest absolute Gasteiger partial charge is 0.393 e. The molecular formula is C10H14Cl2N2O. The Morgan fingerprint density at radius 2 is 2.13 bits per heavy atom. The van der Waals surface area contributed by atoms with Crippen LogP contribution in [0.2, 0.25) is 10.0 Å². The van der Waals surface area contributed by atoms with E-state index in [1.165, 1.54) is 6.20 Å². The molecule has 15 heavy (non-hydrogen) atoms. The third-order valence-corrected chi connectivity index (χ3v) is 2.38. The molecule has 0 saturated heterocycles. The zero-order chi connectivity index (χ0) is 11.4. The van der Waals surface area contributed by atoms with E-state index in [4.69, 9.17) is 23.2 Å². The molecule has 1 aromatic rings. The maximum absolute atomic E-state index is 9.20. The molecule has 0 aliphatic heterocycles. The van der Waals surface area contributed by atoms with Gasteiger partial charge in [-0.05, 0) is 26.3 Å². The van der Waals surface area contributed by atoms with Gasteiger partial charge in [0.15, 0.2) is 0 Å². The van der Waals surface area contributed by atoms with Crippen LogP contribution >= 0.6 is 23.2 Å². The lowest BCUT2D eigenvalue weighted by Gasteiger charge is -2.16. The molecule has 0 radical (unpaired) electrons. The van der Waals surface area contributed by atoms with Crippen molar-refractivity contribution in [2.24, 2.45) is 0 Å². The van der Waals surface area contributed by atoms with E-state index >= 15 is 0 Å². The predicted molar refractivity (Wildman–Crippen MR) is 63.6 cm³/mol. The van der Waals surface area contributed by atoms with Gasteiger partial charge in [-0.15, -0.1) is 0 Å². The monoisotopic (exact) mass is 248 g/mol. The number of nitrogens with one attached hydrogen (secondary N) is 1. The van der Waals surface area contributed by atoms with Gasteiger partial charge in [0.1, 0.15) is 5.82 Å². The van der Waals surface area contributed by atoms with Gasteiger partial charge in [0, 0.05) is 12.2 Å². The van der Waals surface area contributed by atoms with Crippen LogP contribution in [0.1, 0.15) is 20.3 Å². The molecular weight excluding hydrogens is 235 g/mol. The number of hydrogen-bond acceptors (Lipinski definition) is 3. The van der Waals surface area contributed by atoms with Gasteiger partial charge >= 0.3 is 0 Å². The van der Waals surface area contributed by atoms with Crippen molar-refractivity contribution < 1.29 is 5.11 Å². The number of aliphatic hydroxyl groups excluding tert-OH is 1. The van der Waals surface area contributed by atoms with Crippen LogP contribution in [0, 0.1) is 0 Å². The molecule has 84 valence electrons. The minimum atomic E-state index is -0.349. The molecule has 0 saturated carbocycles. The highest BCUT2D eigenvalue weighted by molar-refractivity contribution is 6.35. The minimum absolute atomic E-state index is 0.108. The van der Waals surface area contributed by atoms with Gasteiger partial charge in [0.05, 0.1) is 16.1 Å². The van der Waals surface area contributed by atoms with Crippen LogP contribution in [0.5, 0.6) is 0 Å². The first-order valence-corrected chi connectivity index (χ1v) is 5.50. The van der Waals surface area contributed by atoms with Gasteiger partial charge < -0.3 is 10.4 Å². The van der Waals surface area contributed by atoms with E-state index in [0.717, 1.165) is 0 Å². The standard InChI is InChI=1S/C10H14Cl2N2O/c1-6(3-7(2)15)14-10-9(12)4-8(11)5-13-10/h4-7,15H,3H2,1-2H3,(H,13,14). The number of nitrogens with zero attached hydrogens (tertiary/aromatic N) is 1. The normalized spacial score (nSPS) is 14.7. The van der Waals surface area contributed by atoms with Gasteiger partial charge in [-0.25, -0.2) is 4.98 Å². The van der Waals surface area contributed by atoms with E-state index in [0.29, 0.717) is 22.3 Å². The summed E-state index contributed by atoms with van der Waals surface area (Å²) in [6.07, 6.45) is 1.82. The summed E-state index contributed by atoms with van der Waals surface area (Å²) in [4.78, 5) is 4.07. The third-order valence-electron chi connectivity index (χ3n) is 1.89. The Morgan fingerprint density at radius 3 is 2.67 bits per heavy atom. The van der Waals surface area contributed by atoms with Crippen molar-refractivity contribution in [2.45, 2.75) is 32.4 Å². The topological polar surface area (TPSA) is 45.1 Å². The second-order valence-electron chi connectivity index (χ2n) is 3.61. The number of anilines is 1. The molecule has 0 amide bonds. The van der Waals surface area contributed by atoms with Crippen molar-refractivity contribution in [3.8, 4) is 0 Å². The maximum Gasteiger partial charge on any atom is 0.145 e. The van der Waals surface area contributed by atoms with Gasteiger partial charge in [-0.2, -0.15) is 0 Å². The number of halogens is 2. The molecule has 0 aliphatic carbocycles. The Bertz CT molecular complexity index is 331. The molecule has 0 aromatic carbocycles. The van der Waals surface area contributed by atoms with Crippen LogP contribution in [0.3, 0.4) is 0 Å². The number of rotatable bonds is 4. The second-order valence-corrected chi connectivity index (χ2v) is 4.46. The van der Waals surface area contributed by atoms with Crippen molar-refractivity contribution in [1.82, 2.24) is 4.98 Å². The zero-order valence-corrected chi connectivity index (χ0v) is 10.2. The van der Waals surface area contributed by atoms with E-state index in [2.05, 4.69) is 10.3 Å². The lowest BCUT2D eigenvalue weighted by molar-refractivity contribution is 0.179. The third kappa shape index (κ3) is 4.24. The highest BCUT2D eigenvalue weighted by atomic mass is 35.5. The smallest absolute Gasteiger partial charge is 0.145 e. The molecule has 1 heterocycles. The second kappa shape index (κ2) is 5.54. The summed E-state index contributed by atoms with van der Waals surface area (Å²) in [6, 6.07) is 1.74. The molecule has 0 bridgehead atoms. The van der Waals surface area contributed by atoms with Crippen molar-refractivity contribution >= 4 is 29.0 Å². The predicted octanol–water partition coefficient (Wildman–Crippen LogP) is 2.96. The molecule has 3 nitrogen and oxygen atoms in total. The summed E-state index contributed by atoms with van der Waals surface area (Å²) in [6.45, 7) is 3.70. The first-order valence-electron chi connectivity index (χ1n) is 4.74. The lowest BCUT2D eigenvalue weighted by atomic mass is 10.1. The summed E-state index contributed by atoms with van der Waals surface area (Å²) < 4.78 is 0. The molecule has 2 N–H and O–H groups in total. The van der Waals surface area contributed by atoms with Crippen LogP contribution in [0.4, 0.5) is 5.82 Å². The van der Waals surface area contributed by atoms with Crippen LogP contribution in [0.15, 0.2) is 12.3 Å². The molecule has 5 heteroatoms. The summed E-state index contributed by atoms with van der Waals surface area (Å²) in [5.41, 5.74) is 0. The van der Waals surface area contributed by atoms with E-state index in [-0.39, 0.29) is 12.1 Å². The van der Waals surface area contributed by atoms with Gasteiger partial charge in [0.25, 0.3) is 0 Å². The highest BCUT2D eigenvalue weighted by Crippen LogP contribution is 2.23. The first kappa shape index (κ1) is 12.6. The van der Waals surface area contributed by atoms with Crippen LogP contribution in [0.25, 0.3) is 0 Å². The number of aromatic nitrogens is 1. The quantitative estimate of drug-likeness (QED) is 0.862. The van der Waals surface area contributed by atoms with E-state index in [1.807, 2.05) is 6.92 Å². The molecule has 2 unspecified atom stereocenters. The van der Waals surface area contributed by atoms with Gasteiger partial charge in [-0.3, -0.25) is 0 Å². The van der Waals surface area contributed by atoms with E-state index < -0.39 is 0 Å². The van der Waals surface area contributed by atoms with Crippen LogP contribution in [-0.2, 0) is 0 Å². The lowest BCUT2D eigenvalue weighted by Crippen LogP contribution is -2.21. The Hall–Kier alpha value is -0.510. The first-order chi connectivity index (χ1) is 6.99. The van der Waals surface area contributed by atoms with Gasteiger partial charge in [-0.1, -0.05) is 23.2 Å². The molecule has 0 fully saturated rings. The fourth-order valence-corrected chi connectivity index (χ4v) is 1.76. The van der Waals surface area contributed by atoms with Gasteiger partial charge in [0.2, 0.25) is 0 Å². The molecule has 1 rings (SSSR count). The van der Waals surface area contributed by atoms with Crippen molar-refractivity contribution in [3.05, 3.63) is 22.3 Å². The molecule has 0 spiro atoms. The Balaban J connectivity index is 2.64. The Labute approximate surface area is 99.4 Å². The van der Waals surface area contributed by atoms with E-state index in [1.54, 1.807) is 13.0 Å². The summed E-state index contributed by atoms with van der Waals surface area (Å²) in [5.74, 6) is 0.592. The maximum atomic E-state index is 9.20. The zero-order valence-electron chi connectivity index (χ0n) is 8.67. The van der Waals surface area contributed by atoms with Crippen molar-refractivity contribution in [1.29, 1.82) is 0 Å². The SMILES string of the molecule is CC(O)CC(C)Nc1ncc(Cl)cc1Cl. The van der Waals surface area contributed by atoms with Crippen LogP contribution in [-0.4, -0.2) is 22.2 Å². The number of aliphatic hydroxyl groups is 1. The number of hydrogen-bond donors (Lipinski definition) is 2. The van der Waals surface area contributed by atoms with Crippen molar-refractivity contribution in [3.63, 3.8) is 0 Å². The average Bonchev–Trinajstić information content (AvgIpc) is 2.08. The Morgan fingerprint density at radius 1 is 1.47 bits per heavy atom. The Kier molecular flexibility index (Phi) is 4.64. The summed E-state index contributed by atoms with van der Waals surface area (Å²) >= 11 is 11.7. The van der Waals surface area contributed by atoms with Crippen molar-refractivity contribution in [2.75, 3.05) is 5.32 Å². The fourth-order valence-electron chi connectivity index (χ4n) is 1.32. The minimum Gasteiger partial charge on any atom is -0.393 e. The summed E-state index contributed by atoms with van der Waals surface area (Å²) in [7, 11) is 0. The molecule has 0 aliphatic rings. The summed E-state index contributed by atoms with van der Waals surface area (Å²) in [5, 5.41) is 13.3. The molecule has 1 aromatic heterocycles. The highest BCUT2D eigenvalue weighted by Gasteiger charge is 2.09. The number of pyridine rings is 1. The fraction of sp³-hybridized carbons (Fsp3) is 0.500. The van der Waals surface area contributed by atoms with Crippen LogP contribution < -0.4 is 5.32 Å². The average molecular weight is 249 g/mol.